The molecule has 1 atom stereocenters. The highest BCUT2D eigenvalue weighted by Crippen LogP contribution is 2.31. The van der Waals surface area contributed by atoms with Crippen molar-refractivity contribution in [2.24, 2.45) is 0 Å². The largest absolute Gasteiger partial charge is 0.493 e. The first kappa shape index (κ1) is 17.6. The number of rotatable bonds is 5. The quantitative estimate of drug-likeness (QED) is 0.862. The first-order valence-corrected chi connectivity index (χ1v) is 6.81. The van der Waals surface area contributed by atoms with Gasteiger partial charge in [-0.3, -0.25) is 0 Å². The molecule has 0 saturated heterocycles. The Hall–Kier alpha value is -2.78. The Balaban J connectivity index is 2.26. The van der Waals surface area contributed by atoms with Crippen LogP contribution in [-0.2, 0) is 6.18 Å². The standard InChI is InChI=1S/C14H16F3N5O2/c1-7(8-4-5-9(23-2)10(6-8)24-3)19-13-21-11(14(15,16)17)20-12(18)22-13/h4-7H,1-3H3,(H3,18,19,20,21,22). The van der Waals surface area contributed by atoms with Gasteiger partial charge in [-0.1, -0.05) is 6.07 Å². The number of methoxy groups -OCH3 is 2. The molecule has 0 aliphatic rings. The van der Waals surface area contributed by atoms with Crippen LogP contribution in [0.2, 0.25) is 0 Å². The predicted octanol–water partition coefficient (Wildman–Crippen LogP) is 2.66. The zero-order valence-corrected chi connectivity index (χ0v) is 13.2. The summed E-state index contributed by atoms with van der Waals surface area (Å²) in [5, 5.41) is 2.76. The molecule has 0 radical (unpaired) electrons. The summed E-state index contributed by atoms with van der Waals surface area (Å²) in [4.78, 5) is 10.1. The number of halogens is 3. The van der Waals surface area contributed by atoms with Crippen LogP contribution in [0, 0.1) is 0 Å². The normalized spacial score (nSPS) is 12.6. The molecular formula is C14H16F3N5O2. The first-order valence-electron chi connectivity index (χ1n) is 6.81. The van der Waals surface area contributed by atoms with Crippen LogP contribution in [0.4, 0.5) is 25.1 Å². The van der Waals surface area contributed by atoms with Crippen LogP contribution in [0.5, 0.6) is 11.5 Å². The van der Waals surface area contributed by atoms with Gasteiger partial charge in [0.25, 0.3) is 0 Å². The second kappa shape index (κ2) is 6.77. The van der Waals surface area contributed by atoms with E-state index in [0.717, 1.165) is 5.56 Å². The van der Waals surface area contributed by atoms with Crippen molar-refractivity contribution < 1.29 is 22.6 Å². The van der Waals surface area contributed by atoms with E-state index >= 15 is 0 Å². The van der Waals surface area contributed by atoms with Crippen molar-refractivity contribution in [3.63, 3.8) is 0 Å². The highest BCUT2D eigenvalue weighted by molar-refractivity contribution is 5.45. The van der Waals surface area contributed by atoms with Gasteiger partial charge in [-0.15, -0.1) is 0 Å². The molecule has 0 spiro atoms. The van der Waals surface area contributed by atoms with Gasteiger partial charge in [0, 0.05) is 0 Å². The fraction of sp³-hybridized carbons (Fsp3) is 0.357. The van der Waals surface area contributed by atoms with Gasteiger partial charge in [-0.25, -0.2) is 0 Å². The van der Waals surface area contributed by atoms with Gasteiger partial charge in [-0.2, -0.15) is 28.1 Å². The molecular weight excluding hydrogens is 327 g/mol. The number of alkyl halides is 3. The van der Waals surface area contributed by atoms with Gasteiger partial charge in [-0.05, 0) is 24.6 Å². The van der Waals surface area contributed by atoms with Crippen molar-refractivity contribution >= 4 is 11.9 Å². The molecule has 7 nitrogen and oxygen atoms in total. The van der Waals surface area contributed by atoms with Crippen LogP contribution in [0.3, 0.4) is 0 Å². The molecule has 1 aromatic carbocycles. The summed E-state index contributed by atoms with van der Waals surface area (Å²) < 4.78 is 48.5. The first-order chi connectivity index (χ1) is 11.2. The number of benzene rings is 1. The number of ether oxygens (including phenoxy) is 2. The summed E-state index contributed by atoms with van der Waals surface area (Å²) in [5.41, 5.74) is 6.05. The average molecular weight is 343 g/mol. The minimum atomic E-state index is -4.71. The highest BCUT2D eigenvalue weighted by Gasteiger charge is 2.35. The lowest BCUT2D eigenvalue weighted by molar-refractivity contribution is -0.144. The van der Waals surface area contributed by atoms with Crippen LogP contribution < -0.4 is 20.5 Å². The maximum Gasteiger partial charge on any atom is 0.451 e. The van der Waals surface area contributed by atoms with Gasteiger partial charge < -0.3 is 20.5 Å². The number of anilines is 2. The minimum Gasteiger partial charge on any atom is -0.493 e. The molecule has 10 heteroatoms. The third-order valence-corrected chi connectivity index (χ3v) is 3.16. The van der Waals surface area contributed by atoms with Crippen LogP contribution >= 0.6 is 0 Å². The molecule has 130 valence electrons. The van der Waals surface area contributed by atoms with Gasteiger partial charge in [0.2, 0.25) is 17.7 Å². The van der Waals surface area contributed by atoms with Crippen molar-refractivity contribution in [1.29, 1.82) is 0 Å². The topological polar surface area (TPSA) is 95.2 Å². The van der Waals surface area contributed by atoms with E-state index in [1.807, 2.05) is 0 Å². The van der Waals surface area contributed by atoms with Gasteiger partial charge in [0.1, 0.15) is 0 Å². The Kier molecular flexibility index (Phi) is 4.96. The fourth-order valence-electron chi connectivity index (χ4n) is 1.98. The van der Waals surface area contributed by atoms with Crippen LogP contribution in [-0.4, -0.2) is 29.2 Å². The van der Waals surface area contributed by atoms with Crippen LogP contribution in [0.1, 0.15) is 24.4 Å². The predicted molar refractivity (Wildman–Crippen MR) is 80.8 cm³/mol. The maximum absolute atomic E-state index is 12.7. The lowest BCUT2D eigenvalue weighted by Gasteiger charge is -2.17. The van der Waals surface area contributed by atoms with Crippen LogP contribution in [0.25, 0.3) is 0 Å². The molecule has 0 fully saturated rings. The van der Waals surface area contributed by atoms with E-state index in [-0.39, 0.29) is 5.95 Å². The van der Waals surface area contributed by atoms with Gasteiger partial charge in [0.05, 0.1) is 20.3 Å². The summed E-state index contributed by atoms with van der Waals surface area (Å²) in [6.45, 7) is 1.73. The molecule has 0 amide bonds. The number of nitrogens with two attached hydrogens (primary N) is 1. The van der Waals surface area contributed by atoms with Gasteiger partial charge >= 0.3 is 6.18 Å². The molecule has 3 N–H and O–H groups in total. The summed E-state index contributed by atoms with van der Waals surface area (Å²) in [7, 11) is 2.99. The molecule has 2 rings (SSSR count). The zero-order valence-electron chi connectivity index (χ0n) is 13.2. The number of hydrogen-bond donors (Lipinski definition) is 2. The Labute approximate surface area is 136 Å². The smallest absolute Gasteiger partial charge is 0.451 e. The Morgan fingerprint density at radius 2 is 1.75 bits per heavy atom. The van der Waals surface area contributed by atoms with E-state index in [1.165, 1.54) is 14.2 Å². The van der Waals surface area contributed by atoms with Crippen molar-refractivity contribution in [1.82, 2.24) is 15.0 Å². The summed E-state index contributed by atoms with van der Waals surface area (Å²) >= 11 is 0. The third kappa shape index (κ3) is 3.94. The number of nitrogens with one attached hydrogen (secondary N) is 1. The van der Waals surface area contributed by atoms with Crippen molar-refractivity contribution in [3.8, 4) is 11.5 Å². The molecule has 0 bridgehead atoms. The molecule has 1 unspecified atom stereocenters. The lowest BCUT2D eigenvalue weighted by Crippen LogP contribution is -2.17. The van der Waals surface area contributed by atoms with Crippen molar-refractivity contribution in [3.05, 3.63) is 29.6 Å². The van der Waals surface area contributed by atoms with Crippen LogP contribution in [0.15, 0.2) is 18.2 Å². The molecule has 0 saturated carbocycles. The highest BCUT2D eigenvalue weighted by atomic mass is 19.4. The zero-order chi connectivity index (χ0) is 17.9. The Bertz CT molecular complexity index is 724. The second-order valence-electron chi connectivity index (χ2n) is 4.82. The number of nitrogens with zero attached hydrogens (tertiary/aromatic N) is 3. The molecule has 0 aliphatic carbocycles. The van der Waals surface area contributed by atoms with E-state index in [2.05, 4.69) is 20.3 Å². The molecule has 2 aromatic rings. The van der Waals surface area contributed by atoms with E-state index in [4.69, 9.17) is 15.2 Å². The lowest BCUT2D eigenvalue weighted by atomic mass is 10.1. The summed E-state index contributed by atoms with van der Waals surface area (Å²) in [5.74, 6) is -1.10. The second-order valence-corrected chi connectivity index (χ2v) is 4.82. The molecule has 1 aromatic heterocycles. The number of aromatic nitrogens is 3. The summed E-state index contributed by atoms with van der Waals surface area (Å²) in [6.07, 6.45) is -4.71. The Morgan fingerprint density at radius 1 is 1.08 bits per heavy atom. The molecule has 1 heterocycles. The molecule has 0 aliphatic heterocycles. The van der Waals surface area contributed by atoms with Crippen molar-refractivity contribution in [2.75, 3.05) is 25.3 Å². The maximum atomic E-state index is 12.7. The van der Waals surface area contributed by atoms with Gasteiger partial charge in [0.15, 0.2) is 11.5 Å². The van der Waals surface area contributed by atoms with E-state index < -0.39 is 24.0 Å². The van der Waals surface area contributed by atoms with Crippen molar-refractivity contribution in [2.45, 2.75) is 19.1 Å². The average Bonchev–Trinajstić information content (AvgIpc) is 2.52. The monoisotopic (exact) mass is 343 g/mol. The molecule has 24 heavy (non-hydrogen) atoms. The Morgan fingerprint density at radius 3 is 2.33 bits per heavy atom. The summed E-state index contributed by atoms with van der Waals surface area (Å²) in [6, 6.07) is 4.72. The third-order valence-electron chi connectivity index (χ3n) is 3.16. The number of hydrogen-bond acceptors (Lipinski definition) is 7. The fourth-order valence-corrected chi connectivity index (χ4v) is 1.98. The minimum absolute atomic E-state index is 0.267. The number of nitrogen functional groups attached to an aromatic ring is 1. The van der Waals surface area contributed by atoms with E-state index in [0.29, 0.717) is 11.5 Å². The van der Waals surface area contributed by atoms with E-state index in [1.54, 1.807) is 25.1 Å². The van der Waals surface area contributed by atoms with E-state index in [9.17, 15) is 13.2 Å². The SMILES string of the molecule is COc1ccc(C(C)Nc2nc(N)nc(C(F)(F)F)n2)cc1OC.